The summed E-state index contributed by atoms with van der Waals surface area (Å²) in [6.07, 6.45) is 4.15. The molecule has 2 aromatic rings. The highest BCUT2D eigenvalue weighted by Gasteiger charge is 2.27. The van der Waals surface area contributed by atoms with E-state index in [0.29, 0.717) is 11.8 Å². The highest BCUT2D eigenvalue weighted by atomic mass is 16.5. The molecule has 114 valence electrons. The predicted molar refractivity (Wildman–Crippen MR) is 80.5 cm³/mol. The van der Waals surface area contributed by atoms with E-state index in [1.807, 2.05) is 6.20 Å². The summed E-state index contributed by atoms with van der Waals surface area (Å²) in [4.78, 5) is 6.75. The number of nitrogens with one attached hydrogen (secondary N) is 1. The molecule has 0 aliphatic carbocycles. The zero-order valence-corrected chi connectivity index (χ0v) is 13.2. The summed E-state index contributed by atoms with van der Waals surface area (Å²) in [6, 6.07) is 0. The SMILES string of the molecule is Cc1[nH]ncc1C1CCN(c2noc(C(C)(C)C)n2)CC1. The Bertz CT molecular complexity index is 602. The van der Waals surface area contributed by atoms with Crippen molar-refractivity contribution in [2.75, 3.05) is 18.0 Å². The van der Waals surface area contributed by atoms with Crippen molar-refractivity contribution >= 4 is 5.95 Å². The highest BCUT2D eigenvalue weighted by Crippen LogP contribution is 2.31. The molecular formula is C15H23N5O. The zero-order chi connectivity index (χ0) is 15.0. The molecule has 1 N–H and O–H groups in total. The summed E-state index contributed by atoms with van der Waals surface area (Å²) in [5.74, 6) is 2.00. The minimum absolute atomic E-state index is 0.0997. The molecular weight excluding hydrogens is 266 g/mol. The number of hydrogen-bond donors (Lipinski definition) is 1. The molecule has 0 atom stereocenters. The second-order valence-corrected chi connectivity index (χ2v) is 6.86. The van der Waals surface area contributed by atoms with Crippen molar-refractivity contribution in [3.05, 3.63) is 23.3 Å². The van der Waals surface area contributed by atoms with Crippen LogP contribution in [0.2, 0.25) is 0 Å². The molecule has 0 radical (unpaired) electrons. The lowest BCUT2D eigenvalue weighted by Gasteiger charge is -2.30. The van der Waals surface area contributed by atoms with Crippen molar-refractivity contribution in [1.82, 2.24) is 20.3 Å². The summed E-state index contributed by atoms with van der Waals surface area (Å²) in [7, 11) is 0. The zero-order valence-electron chi connectivity index (χ0n) is 13.2. The third kappa shape index (κ3) is 2.80. The van der Waals surface area contributed by atoms with E-state index in [1.54, 1.807) is 0 Å². The third-order valence-corrected chi connectivity index (χ3v) is 4.14. The van der Waals surface area contributed by atoms with Crippen LogP contribution in [-0.2, 0) is 5.41 Å². The lowest BCUT2D eigenvalue weighted by Crippen LogP contribution is -2.33. The molecule has 0 saturated carbocycles. The van der Waals surface area contributed by atoms with Crippen molar-refractivity contribution in [2.24, 2.45) is 0 Å². The Kier molecular flexibility index (Phi) is 3.47. The Balaban J connectivity index is 1.66. The quantitative estimate of drug-likeness (QED) is 0.920. The molecule has 0 aromatic carbocycles. The second kappa shape index (κ2) is 5.16. The van der Waals surface area contributed by atoms with Crippen LogP contribution >= 0.6 is 0 Å². The van der Waals surface area contributed by atoms with Gasteiger partial charge in [-0.2, -0.15) is 10.1 Å². The second-order valence-electron chi connectivity index (χ2n) is 6.86. The number of piperidine rings is 1. The number of H-pyrrole nitrogens is 1. The molecule has 1 fully saturated rings. The summed E-state index contributed by atoms with van der Waals surface area (Å²) in [5, 5.41) is 11.3. The Morgan fingerprint density at radius 1 is 1.29 bits per heavy atom. The standard InChI is InChI=1S/C15H23N5O/c1-10-12(9-16-18-10)11-5-7-20(8-6-11)14-17-13(21-19-14)15(2,3)4/h9,11H,5-8H2,1-4H3,(H,16,18). The van der Waals surface area contributed by atoms with Crippen LogP contribution in [-0.4, -0.2) is 33.4 Å². The van der Waals surface area contributed by atoms with E-state index in [2.05, 4.69) is 52.9 Å². The van der Waals surface area contributed by atoms with Gasteiger partial charge >= 0.3 is 0 Å². The molecule has 1 saturated heterocycles. The molecule has 6 nitrogen and oxygen atoms in total. The van der Waals surface area contributed by atoms with E-state index in [4.69, 9.17) is 4.52 Å². The molecule has 0 amide bonds. The topological polar surface area (TPSA) is 70.8 Å². The van der Waals surface area contributed by atoms with Crippen LogP contribution in [0.5, 0.6) is 0 Å². The molecule has 21 heavy (non-hydrogen) atoms. The highest BCUT2D eigenvalue weighted by molar-refractivity contribution is 5.31. The first kappa shape index (κ1) is 14.1. The van der Waals surface area contributed by atoms with Crippen LogP contribution in [0.15, 0.2) is 10.7 Å². The van der Waals surface area contributed by atoms with Crippen molar-refractivity contribution in [2.45, 2.75) is 51.9 Å². The predicted octanol–water partition coefficient (Wildman–Crippen LogP) is 2.78. The van der Waals surface area contributed by atoms with Crippen LogP contribution in [0.25, 0.3) is 0 Å². The number of rotatable bonds is 2. The minimum Gasteiger partial charge on any atom is -0.338 e. The van der Waals surface area contributed by atoms with Gasteiger partial charge in [0.25, 0.3) is 5.95 Å². The van der Waals surface area contributed by atoms with E-state index >= 15 is 0 Å². The lowest BCUT2D eigenvalue weighted by atomic mass is 9.90. The van der Waals surface area contributed by atoms with Crippen LogP contribution in [0.4, 0.5) is 5.95 Å². The molecule has 1 aliphatic rings. The molecule has 3 heterocycles. The minimum atomic E-state index is -0.0997. The number of aryl methyl sites for hydroxylation is 1. The van der Waals surface area contributed by atoms with Crippen LogP contribution in [0.3, 0.4) is 0 Å². The summed E-state index contributed by atoms with van der Waals surface area (Å²) in [6.45, 7) is 10.2. The van der Waals surface area contributed by atoms with E-state index in [-0.39, 0.29) is 5.41 Å². The maximum absolute atomic E-state index is 5.38. The number of aromatic amines is 1. The summed E-state index contributed by atoms with van der Waals surface area (Å²) in [5.41, 5.74) is 2.43. The van der Waals surface area contributed by atoms with Gasteiger partial charge in [-0.1, -0.05) is 20.8 Å². The van der Waals surface area contributed by atoms with Gasteiger partial charge in [-0.25, -0.2) is 0 Å². The average Bonchev–Trinajstić information content (AvgIpc) is 3.07. The maximum Gasteiger partial charge on any atom is 0.266 e. The van der Waals surface area contributed by atoms with E-state index < -0.39 is 0 Å². The Hall–Kier alpha value is -1.85. The van der Waals surface area contributed by atoms with Gasteiger partial charge in [-0.05, 0) is 36.4 Å². The van der Waals surface area contributed by atoms with Crippen molar-refractivity contribution in [3.63, 3.8) is 0 Å². The average molecular weight is 289 g/mol. The number of hydrogen-bond acceptors (Lipinski definition) is 5. The molecule has 3 rings (SSSR count). The Morgan fingerprint density at radius 2 is 2.00 bits per heavy atom. The maximum atomic E-state index is 5.38. The van der Waals surface area contributed by atoms with Crippen molar-refractivity contribution in [1.29, 1.82) is 0 Å². The van der Waals surface area contributed by atoms with Gasteiger partial charge in [-0.15, -0.1) is 0 Å². The van der Waals surface area contributed by atoms with E-state index in [0.717, 1.165) is 31.9 Å². The number of nitrogens with zero attached hydrogens (tertiary/aromatic N) is 4. The van der Waals surface area contributed by atoms with E-state index in [9.17, 15) is 0 Å². The van der Waals surface area contributed by atoms with Gasteiger partial charge in [0.15, 0.2) is 0 Å². The fourth-order valence-electron chi connectivity index (χ4n) is 2.81. The van der Waals surface area contributed by atoms with Crippen molar-refractivity contribution in [3.8, 4) is 0 Å². The molecule has 6 heteroatoms. The normalized spacial score (nSPS) is 17.4. The first-order valence-electron chi connectivity index (χ1n) is 7.54. The molecule has 0 bridgehead atoms. The molecule has 0 unspecified atom stereocenters. The monoisotopic (exact) mass is 289 g/mol. The third-order valence-electron chi connectivity index (χ3n) is 4.14. The van der Waals surface area contributed by atoms with Gasteiger partial charge in [0, 0.05) is 24.2 Å². The molecule has 1 aliphatic heterocycles. The van der Waals surface area contributed by atoms with Gasteiger partial charge in [-0.3, -0.25) is 5.10 Å². The summed E-state index contributed by atoms with van der Waals surface area (Å²) < 4.78 is 5.38. The number of anilines is 1. The largest absolute Gasteiger partial charge is 0.338 e. The van der Waals surface area contributed by atoms with Gasteiger partial charge < -0.3 is 9.42 Å². The van der Waals surface area contributed by atoms with E-state index in [1.165, 1.54) is 11.3 Å². The Morgan fingerprint density at radius 3 is 2.52 bits per heavy atom. The summed E-state index contributed by atoms with van der Waals surface area (Å²) >= 11 is 0. The molecule has 0 spiro atoms. The van der Waals surface area contributed by atoms with Crippen LogP contribution < -0.4 is 4.90 Å². The van der Waals surface area contributed by atoms with Crippen LogP contribution in [0, 0.1) is 6.92 Å². The lowest BCUT2D eigenvalue weighted by molar-refractivity contribution is 0.320. The van der Waals surface area contributed by atoms with Crippen LogP contribution in [0.1, 0.15) is 56.7 Å². The first-order chi connectivity index (χ1) is 9.95. The number of aromatic nitrogens is 4. The van der Waals surface area contributed by atoms with Crippen molar-refractivity contribution < 1.29 is 4.52 Å². The fourth-order valence-corrected chi connectivity index (χ4v) is 2.81. The Labute approximate surface area is 124 Å². The smallest absolute Gasteiger partial charge is 0.266 e. The van der Waals surface area contributed by atoms with Gasteiger partial charge in [0.2, 0.25) is 5.89 Å². The fraction of sp³-hybridized carbons (Fsp3) is 0.667. The van der Waals surface area contributed by atoms with Gasteiger partial charge in [0.05, 0.1) is 6.20 Å². The van der Waals surface area contributed by atoms with Gasteiger partial charge in [0.1, 0.15) is 0 Å². The molecule has 2 aromatic heterocycles. The first-order valence-corrected chi connectivity index (χ1v) is 7.54.